The van der Waals surface area contributed by atoms with Crippen molar-refractivity contribution in [3.05, 3.63) is 40.3 Å². The molecular formula is C13H15N3O4S. The summed E-state index contributed by atoms with van der Waals surface area (Å²) in [6, 6.07) is 3.15. The summed E-state index contributed by atoms with van der Waals surface area (Å²) >= 11 is 0. The summed E-state index contributed by atoms with van der Waals surface area (Å²) < 4.78 is 23.9. The molecule has 2 aromatic rings. The van der Waals surface area contributed by atoms with Gasteiger partial charge in [-0.2, -0.15) is 0 Å². The molecule has 21 heavy (non-hydrogen) atoms. The van der Waals surface area contributed by atoms with Crippen molar-refractivity contribution in [1.82, 2.24) is 9.55 Å². The Morgan fingerprint density at radius 2 is 2.14 bits per heavy atom. The Kier molecular flexibility index (Phi) is 4.08. The van der Waals surface area contributed by atoms with Crippen LogP contribution in [0.2, 0.25) is 0 Å². The standard InChI is InChI=1S/C13H15N3O4S/c1-21(19,20)7-3-6-16-8-10(12(14)18)11(17)9-4-2-5-15-13(9)16/h2,4-5,8H,3,6-7H2,1H3,(H2,14,18). The molecule has 0 aliphatic rings. The third-order valence-electron chi connectivity index (χ3n) is 3.01. The Morgan fingerprint density at radius 3 is 2.76 bits per heavy atom. The second-order valence-electron chi connectivity index (χ2n) is 4.79. The normalized spacial score (nSPS) is 11.7. The molecule has 2 rings (SSSR count). The molecule has 8 heteroatoms. The van der Waals surface area contributed by atoms with Gasteiger partial charge >= 0.3 is 0 Å². The van der Waals surface area contributed by atoms with Crippen molar-refractivity contribution in [3.63, 3.8) is 0 Å². The average molecular weight is 309 g/mol. The number of nitrogens with two attached hydrogens (primary N) is 1. The largest absolute Gasteiger partial charge is 0.365 e. The summed E-state index contributed by atoms with van der Waals surface area (Å²) in [5.74, 6) is -0.804. The molecule has 0 saturated heterocycles. The fraction of sp³-hybridized carbons (Fsp3) is 0.308. The third kappa shape index (κ3) is 3.46. The zero-order valence-corrected chi connectivity index (χ0v) is 12.3. The summed E-state index contributed by atoms with van der Waals surface area (Å²) in [5.41, 5.74) is 5.01. The smallest absolute Gasteiger partial charge is 0.254 e. The number of carbonyl (C=O) groups is 1. The second kappa shape index (κ2) is 5.65. The van der Waals surface area contributed by atoms with Crippen molar-refractivity contribution in [2.45, 2.75) is 13.0 Å². The lowest BCUT2D eigenvalue weighted by molar-refractivity contribution is 0.0998. The molecule has 2 aromatic heterocycles. The molecule has 7 nitrogen and oxygen atoms in total. The van der Waals surface area contributed by atoms with E-state index in [9.17, 15) is 18.0 Å². The van der Waals surface area contributed by atoms with Crippen LogP contribution < -0.4 is 11.2 Å². The van der Waals surface area contributed by atoms with Crippen LogP contribution in [0.25, 0.3) is 11.0 Å². The number of sulfone groups is 1. The van der Waals surface area contributed by atoms with Gasteiger partial charge in [0, 0.05) is 25.2 Å². The van der Waals surface area contributed by atoms with Crippen LogP contribution in [0, 0.1) is 0 Å². The lowest BCUT2D eigenvalue weighted by Crippen LogP contribution is -2.24. The monoisotopic (exact) mass is 309 g/mol. The first-order valence-corrected chi connectivity index (χ1v) is 8.31. The highest BCUT2D eigenvalue weighted by Gasteiger charge is 2.13. The number of pyridine rings is 2. The first-order chi connectivity index (χ1) is 9.79. The second-order valence-corrected chi connectivity index (χ2v) is 7.05. The van der Waals surface area contributed by atoms with Crippen LogP contribution in [-0.4, -0.2) is 35.9 Å². The molecule has 0 aliphatic heterocycles. The maximum atomic E-state index is 12.1. The Bertz CT molecular complexity index is 855. The van der Waals surface area contributed by atoms with Gasteiger partial charge in [0.05, 0.1) is 11.1 Å². The van der Waals surface area contributed by atoms with Crippen molar-refractivity contribution in [2.24, 2.45) is 5.73 Å². The lowest BCUT2D eigenvalue weighted by atomic mass is 10.2. The van der Waals surface area contributed by atoms with Gasteiger partial charge in [-0.15, -0.1) is 0 Å². The van der Waals surface area contributed by atoms with E-state index in [1.807, 2.05) is 0 Å². The van der Waals surface area contributed by atoms with E-state index in [1.54, 1.807) is 16.7 Å². The molecule has 0 aromatic carbocycles. The quantitative estimate of drug-likeness (QED) is 0.831. The van der Waals surface area contributed by atoms with Crippen molar-refractivity contribution in [3.8, 4) is 0 Å². The molecule has 0 radical (unpaired) electrons. The van der Waals surface area contributed by atoms with Crippen LogP contribution in [0.4, 0.5) is 0 Å². The van der Waals surface area contributed by atoms with E-state index in [0.717, 1.165) is 6.26 Å². The van der Waals surface area contributed by atoms with Gasteiger partial charge in [-0.25, -0.2) is 13.4 Å². The van der Waals surface area contributed by atoms with Crippen molar-refractivity contribution >= 4 is 26.8 Å². The van der Waals surface area contributed by atoms with Gasteiger partial charge in [-0.1, -0.05) is 0 Å². The van der Waals surface area contributed by atoms with Crippen LogP contribution in [-0.2, 0) is 16.4 Å². The van der Waals surface area contributed by atoms with Gasteiger partial charge < -0.3 is 10.3 Å². The first-order valence-electron chi connectivity index (χ1n) is 6.25. The average Bonchev–Trinajstić information content (AvgIpc) is 2.40. The number of amides is 1. The fourth-order valence-corrected chi connectivity index (χ4v) is 2.72. The molecular weight excluding hydrogens is 294 g/mol. The van der Waals surface area contributed by atoms with Crippen molar-refractivity contribution in [1.29, 1.82) is 0 Å². The summed E-state index contributed by atoms with van der Waals surface area (Å²) in [6.45, 7) is 0.321. The number of primary amides is 1. The molecule has 0 fully saturated rings. The maximum Gasteiger partial charge on any atom is 0.254 e. The Labute approximate surface area is 121 Å². The third-order valence-corrected chi connectivity index (χ3v) is 4.04. The van der Waals surface area contributed by atoms with Gasteiger partial charge in [0.2, 0.25) is 5.43 Å². The number of nitrogens with zero attached hydrogens (tertiary/aromatic N) is 2. The highest BCUT2D eigenvalue weighted by molar-refractivity contribution is 7.90. The molecule has 1 amide bonds. The number of aromatic nitrogens is 2. The Hall–Kier alpha value is -2.22. The topological polar surface area (TPSA) is 112 Å². The molecule has 2 heterocycles. The number of aryl methyl sites for hydroxylation is 1. The molecule has 0 spiro atoms. The van der Waals surface area contributed by atoms with E-state index >= 15 is 0 Å². The zero-order chi connectivity index (χ0) is 15.6. The van der Waals surface area contributed by atoms with E-state index in [1.165, 1.54) is 12.4 Å². The number of hydrogen-bond donors (Lipinski definition) is 1. The van der Waals surface area contributed by atoms with Crippen LogP contribution >= 0.6 is 0 Å². The molecule has 0 aliphatic carbocycles. The van der Waals surface area contributed by atoms with Crippen LogP contribution in [0.1, 0.15) is 16.8 Å². The minimum atomic E-state index is -3.07. The highest BCUT2D eigenvalue weighted by atomic mass is 32.2. The minimum Gasteiger partial charge on any atom is -0.365 e. The predicted molar refractivity (Wildman–Crippen MR) is 78.8 cm³/mol. The molecule has 2 N–H and O–H groups in total. The van der Waals surface area contributed by atoms with Crippen LogP contribution in [0.5, 0.6) is 0 Å². The van der Waals surface area contributed by atoms with Gasteiger partial charge in [0.25, 0.3) is 5.91 Å². The van der Waals surface area contributed by atoms with Gasteiger partial charge in [-0.05, 0) is 18.6 Å². The molecule has 0 bridgehead atoms. The van der Waals surface area contributed by atoms with E-state index < -0.39 is 21.2 Å². The summed E-state index contributed by atoms with van der Waals surface area (Å²) in [4.78, 5) is 27.6. The molecule has 0 atom stereocenters. The van der Waals surface area contributed by atoms with Gasteiger partial charge in [-0.3, -0.25) is 9.59 Å². The lowest BCUT2D eigenvalue weighted by Gasteiger charge is -2.11. The van der Waals surface area contributed by atoms with Crippen molar-refractivity contribution < 1.29 is 13.2 Å². The molecule has 112 valence electrons. The molecule has 0 unspecified atom stereocenters. The summed E-state index contributed by atoms with van der Waals surface area (Å²) in [5, 5.41) is 0.285. The maximum absolute atomic E-state index is 12.1. The predicted octanol–water partition coefficient (Wildman–Crippen LogP) is -0.0699. The Morgan fingerprint density at radius 1 is 1.43 bits per heavy atom. The van der Waals surface area contributed by atoms with E-state index in [4.69, 9.17) is 5.73 Å². The first kappa shape index (κ1) is 15.2. The number of fused-ring (bicyclic) bond motifs is 1. The number of carbonyl (C=O) groups excluding carboxylic acids is 1. The van der Waals surface area contributed by atoms with E-state index in [0.29, 0.717) is 18.6 Å². The van der Waals surface area contributed by atoms with Gasteiger partial charge in [0.15, 0.2) is 0 Å². The van der Waals surface area contributed by atoms with E-state index in [-0.39, 0.29) is 16.7 Å². The number of rotatable bonds is 5. The highest BCUT2D eigenvalue weighted by Crippen LogP contribution is 2.10. The van der Waals surface area contributed by atoms with Gasteiger partial charge in [0.1, 0.15) is 21.0 Å². The minimum absolute atomic E-state index is 0.0133. The zero-order valence-electron chi connectivity index (χ0n) is 11.4. The summed E-state index contributed by atoms with van der Waals surface area (Å²) in [7, 11) is -3.07. The van der Waals surface area contributed by atoms with Crippen LogP contribution in [0.15, 0.2) is 29.3 Å². The van der Waals surface area contributed by atoms with Crippen molar-refractivity contribution in [2.75, 3.05) is 12.0 Å². The SMILES string of the molecule is CS(=O)(=O)CCCn1cc(C(N)=O)c(=O)c2cccnc21. The fourth-order valence-electron chi connectivity index (χ4n) is 2.07. The van der Waals surface area contributed by atoms with E-state index in [2.05, 4.69) is 4.98 Å². The van der Waals surface area contributed by atoms with Crippen LogP contribution in [0.3, 0.4) is 0 Å². The molecule has 0 saturated carbocycles. The summed E-state index contributed by atoms with van der Waals surface area (Å²) in [6.07, 6.45) is 4.37. The number of hydrogen-bond acceptors (Lipinski definition) is 5. The Balaban J connectivity index is 2.49.